The lowest BCUT2D eigenvalue weighted by atomic mass is 9.72. The van der Waals surface area contributed by atoms with Crippen molar-refractivity contribution in [3.05, 3.63) is 71.2 Å². The summed E-state index contributed by atoms with van der Waals surface area (Å²) in [7, 11) is 0. The summed E-state index contributed by atoms with van der Waals surface area (Å²) >= 11 is 0. The molecule has 1 spiro atoms. The van der Waals surface area contributed by atoms with E-state index in [1.165, 1.54) is 17.0 Å². The second kappa shape index (κ2) is 12.7. The summed E-state index contributed by atoms with van der Waals surface area (Å²) in [5.41, 5.74) is 0.848. The number of aliphatic hydroxyl groups is 1. The Morgan fingerprint density at radius 1 is 1.04 bits per heavy atom. The number of hydrogen-bond donors (Lipinski definition) is 3. The number of benzene rings is 2. The van der Waals surface area contributed by atoms with Gasteiger partial charge in [-0.2, -0.15) is 0 Å². The van der Waals surface area contributed by atoms with Crippen LogP contribution in [-0.4, -0.2) is 71.8 Å². The maximum absolute atomic E-state index is 14.3. The number of likely N-dealkylation sites (tertiary alicyclic amines) is 1. The summed E-state index contributed by atoms with van der Waals surface area (Å²) in [4.78, 5) is 31.1. The second-order valence-corrected chi connectivity index (χ2v) is 13.4. The molecule has 0 radical (unpaired) electrons. The molecule has 0 unspecified atom stereocenters. The Labute approximate surface area is 266 Å². The van der Waals surface area contributed by atoms with Crippen LogP contribution < -0.4 is 15.5 Å². The zero-order chi connectivity index (χ0) is 32.7. The Hall–Kier alpha value is -3.90. The van der Waals surface area contributed by atoms with Crippen molar-refractivity contribution < 1.29 is 32.4 Å². The predicted molar refractivity (Wildman–Crippen MR) is 165 cm³/mol. The highest BCUT2D eigenvalue weighted by Gasteiger charge is 2.46. The van der Waals surface area contributed by atoms with Crippen LogP contribution in [0.3, 0.4) is 0 Å². The number of carbonyl (C=O) groups excluding carboxylic acids is 2. The molecule has 0 aliphatic carbocycles. The van der Waals surface area contributed by atoms with E-state index >= 15 is 0 Å². The van der Waals surface area contributed by atoms with E-state index in [0.717, 1.165) is 39.0 Å². The van der Waals surface area contributed by atoms with Crippen LogP contribution in [0.5, 0.6) is 0 Å². The number of rotatable bonds is 8. The number of anilines is 1. The Morgan fingerprint density at radius 2 is 1.70 bits per heavy atom. The molecule has 0 saturated carbocycles. The minimum atomic E-state index is -1.01. The fourth-order valence-corrected chi connectivity index (χ4v) is 7.14. The first-order chi connectivity index (χ1) is 21.9. The van der Waals surface area contributed by atoms with Crippen molar-refractivity contribution in [2.45, 2.75) is 64.1 Å². The maximum atomic E-state index is 14.3. The minimum Gasteiger partial charge on any atom is -0.391 e. The third-order valence-corrected chi connectivity index (χ3v) is 9.73. The van der Waals surface area contributed by atoms with E-state index in [2.05, 4.69) is 20.7 Å². The summed E-state index contributed by atoms with van der Waals surface area (Å²) in [5.74, 6) is -3.46. The van der Waals surface area contributed by atoms with Crippen molar-refractivity contribution in [2.75, 3.05) is 37.6 Å². The molecule has 4 heterocycles. The summed E-state index contributed by atoms with van der Waals surface area (Å²) < 4.78 is 47.6. The summed E-state index contributed by atoms with van der Waals surface area (Å²) in [6.45, 7) is 9.43. The van der Waals surface area contributed by atoms with Gasteiger partial charge in [-0.25, -0.2) is 13.2 Å². The lowest BCUT2D eigenvalue weighted by Crippen LogP contribution is -2.60. The summed E-state index contributed by atoms with van der Waals surface area (Å²) in [6.07, 6.45) is 1.48. The largest absolute Gasteiger partial charge is 0.391 e. The smallest absolute Gasteiger partial charge is 0.243 e. The number of nitrogens with one attached hydrogen (secondary N) is 2. The van der Waals surface area contributed by atoms with Gasteiger partial charge in [-0.1, -0.05) is 43.3 Å². The molecule has 3 aliphatic rings. The van der Waals surface area contributed by atoms with Crippen molar-refractivity contribution in [1.82, 2.24) is 20.7 Å². The number of aliphatic hydroxyl groups excluding tert-OH is 1. The van der Waals surface area contributed by atoms with Gasteiger partial charge in [0.2, 0.25) is 11.8 Å². The average molecular weight is 640 g/mol. The second-order valence-electron chi connectivity index (χ2n) is 13.4. The summed E-state index contributed by atoms with van der Waals surface area (Å²) in [5, 5.41) is 21.1. The molecule has 3 aromatic rings. The van der Waals surface area contributed by atoms with E-state index in [1.54, 1.807) is 19.1 Å². The molecular formula is C34H40F3N5O4. The van der Waals surface area contributed by atoms with Crippen molar-refractivity contribution in [2.24, 2.45) is 11.3 Å². The molecule has 9 nitrogen and oxygen atoms in total. The van der Waals surface area contributed by atoms with Crippen molar-refractivity contribution >= 4 is 17.6 Å². The van der Waals surface area contributed by atoms with Gasteiger partial charge in [-0.15, -0.1) is 0 Å². The molecule has 4 atom stereocenters. The van der Waals surface area contributed by atoms with Crippen LogP contribution in [-0.2, 0) is 9.59 Å². The van der Waals surface area contributed by atoms with Crippen LogP contribution >= 0.6 is 0 Å². The molecule has 6 rings (SSSR count). The van der Waals surface area contributed by atoms with Gasteiger partial charge in [-0.3, -0.25) is 9.59 Å². The Balaban J connectivity index is 1.12. The Morgan fingerprint density at radius 3 is 2.33 bits per heavy atom. The van der Waals surface area contributed by atoms with Gasteiger partial charge in [-0.05, 0) is 49.9 Å². The molecule has 46 heavy (non-hydrogen) atoms. The summed E-state index contributed by atoms with van der Waals surface area (Å²) in [6, 6.07) is 7.90. The quantitative estimate of drug-likeness (QED) is 0.332. The number of amides is 2. The molecule has 246 valence electrons. The number of aromatic nitrogens is 1. The highest BCUT2D eigenvalue weighted by molar-refractivity contribution is 5.91. The van der Waals surface area contributed by atoms with Gasteiger partial charge < -0.3 is 30.1 Å². The van der Waals surface area contributed by atoms with Crippen molar-refractivity contribution in [3.63, 3.8) is 0 Å². The van der Waals surface area contributed by atoms with Crippen LogP contribution in [0.25, 0.3) is 11.1 Å². The Bertz CT molecular complexity index is 1560. The number of β-amino-alcohol motifs (C(OH)–C–C–N with tert-alkyl or cyclic N) is 1. The molecule has 0 bridgehead atoms. The minimum absolute atomic E-state index is 0.0156. The van der Waals surface area contributed by atoms with E-state index in [9.17, 15) is 27.9 Å². The van der Waals surface area contributed by atoms with Crippen LogP contribution in [0.15, 0.2) is 47.0 Å². The van der Waals surface area contributed by atoms with Crippen LogP contribution in [0.2, 0.25) is 0 Å². The predicted octanol–water partition coefficient (Wildman–Crippen LogP) is 4.53. The molecule has 12 heteroatoms. The number of hydrogen-bond acceptors (Lipinski definition) is 7. The van der Waals surface area contributed by atoms with Crippen molar-refractivity contribution in [3.8, 4) is 11.1 Å². The molecule has 3 fully saturated rings. The van der Waals surface area contributed by atoms with Gasteiger partial charge >= 0.3 is 0 Å². The van der Waals surface area contributed by atoms with Crippen LogP contribution in [0.1, 0.15) is 63.3 Å². The zero-order valence-electron chi connectivity index (χ0n) is 26.2. The Kier molecular flexibility index (Phi) is 8.86. The van der Waals surface area contributed by atoms with E-state index < -0.39 is 47.5 Å². The van der Waals surface area contributed by atoms with Gasteiger partial charge in [0.15, 0.2) is 11.6 Å². The zero-order valence-corrected chi connectivity index (χ0v) is 26.2. The topological polar surface area (TPSA) is 111 Å². The average Bonchev–Trinajstić information content (AvgIpc) is 3.63. The maximum Gasteiger partial charge on any atom is 0.243 e. The first-order valence-electron chi connectivity index (χ1n) is 15.9. The molecule has 3 saturated heterocycles. The van der Waals surface area contributed by atoms with Crippen molar-refractivity contribution in [1.29, 1.82) is 0 Å². The molecular weight excluding hydrogens is 599 g/mol. The van der Waals surface area contributed by atoms with E-state index in [-0.39, 0.29) is 35.9 Å². The van der Waals surface area contributed by atoms with Gasteiger partial charge in [0.1, 0.15) is 29.4 Å². The standard InChI is InChI=1S/C34H40F3N5O4/c1-19(2)30(28-15-29(40-46-28)41-17-34(18-41)8-10-38-11-9-34)33(45)42-16-24(43)14-27(42)32(44)39-20(3)21-4-6-22(7-5-21)31-25(36)12-23(35)13-26(31)37/h4-7,12-13,15,19-20,24,27,30,38,43H,8-11,14,16-18H2,1-3H3,(H,39,44)/t20-,24+,27-,30+/m0/s1. The van der Waals surface area contributed by atoms with E-state index in [1.807, 2.05) is 19.9 Å². The molecule has 1 aromatic heterocycles. The van der Waals surface area contributed by atoms with E-state index in [0.29, 0.717) is 34.7 Å². The monoisotopic (exact) mass is 639 g/mol. The highest BCUT2D eigenvalue weighted by Crippen LogP contribution is 2.42. The third-order valence-electron chi connectivity index (χ3n) is 9.73. The van der Waals surface area contributed by atoms with E-state index in [4.69, 9.17) is 4.52 Å². The van der Waals surface area contributed by atoms with Gasteiger partial charge in [0.05, 0.1) is 17.7 Å². The number of halogens is 3. The number of carbonyl (C=O) groups is 2. The molecule has 2 amide bonds. The molecule has 3 aliphatic heterocycles. The van der Waals surface area contributed by atoms with Crippen LogP contribution in [0.4, 0.5) is 19.0 Å². The van der Waals surface area contributed by atoms with Crippen LogP contribution in [0, 0.1) is 28.8 Å². The first kappa shape index (κ1) is 32.1. The van der Waals surface area contributed by atoms with Gasteiger partial charge in [0.25, 0.3) is 0 Å². The fraction of sp³-hybridized carbons (Fsp3) is 0.500. The molecule has 3 N–H and O–H groups in total. The van der Waals surface area contributed by atoms with Gasteiger partial charge in [0, 0.05) is 49.7 Å². The third kappa shape index (κ3) is 6.24. The number of piperidine rings is 1. The fourth-order valence-electron chi connectivity index (χ4n) is 7.14. The normalized spacial score (nSPS) is 22.2. The number of nitrogens with zero attached hydrogens (tertiary/aromatic N) is 3. The first-order valence-corrected chi connectivity index (χ1v) is 15.9. The lowest BCUT2D eigenvalue weighted by Gasteiger charge is -2.52. The SMILES string of the molecule is CC(C)[C@@H](C(=O)N1C[C@H](O)C[C@H]1C(=O)N[C@@H](C)c1ccc(-c2c(F)cc(F)cc2F)cc1)c1cc(N2CC3(CCNCC3)C2)no1. The molecule has 2 aromatic carbocycles. The highest BCUT2D eigenvalue weighted by atomic mass is 19.1. The lowest BCUT2D eigenvalue weighted by molar-refractivity contribution is -0.141.